The molecule has 2 bridgehead atoms. The van der Waals surface area contributed by atoms with Gasteiger partial charge in [0.1, 0.15) is 0 Å². The molecular formula is C8H12O2S. The van der Waals surface area contributed by atoms with Crippen LogP contribution >= 0.6 is 12.6 Å². The zero-order valence-corrected chi connectivity index (χ0v) is 7.23. The number of hydrogen-bond donors (Lipinski definition) is 2. The number of carboxylic acid groups (broad SMARTS) is 1. The van der Waals surface area contributed by atoms with Crippen LogP contribution in [0.1, 0.15) is 32.1 Å². The molecule has 0 aliphatic heterocycles. The van der Waals surface area contributed by atoms with Gasteiger partial charge >= 0.3 is 5.97 Å². The largest absolute Gasteiger partial charge is 0.481 e. The van der Waals surface area contributed by atoms with Crippen molar-refractivity contribution in [3.63, 3.8) is 0 Å². The molecule has 1 N–H and O–H groups in total. The van der Waals surface area contributed by atoms with Crippen LogP contribution in [0.2, 0.25) is 0 Å². The van der Waals surface area contributed by atoms with Crippen LogP contribution < -0.4 is 0 Å². The smallest absolute Gasteiger partial charge is 0.309 e. The molecule has 3 rings (SSSR count). The second-order valence-corrected chi connectivity index (χ2v) is 4.97. The Kier molecular flexibility index (Phi) is 1.32. The minimum absolute atomic E-state index is 0.0800. The summed E-state index contributed by atoms with van der Waals surface area (Å²) in [5.41, 5.74) is -0.375. The van der Waals surface area contributed by atoms with Crippen molar-refractivity contribution < 1.29 is 9.90 Å². The van der Waals surface area contributed by atoms with Crippen molar-refractivity contribution in [3.05, 3.63) is 0 Å². The molecule has 0 amide bonds. The number of rotatable bonds is 1. The molecule has 0 spiro atoms. The fourth-order valence-electron chi connectivity index (χ4n) is 2.58. The van der Waals surface area contributed by atoms with Gasteiger partial charge in [0.25, 0.3) is 0 Å². The number of carboxylic acids is 1. The SMILES string of the molecule is O=C(O)C12CCCC(S)(C1)C2. The van der Waals surface area contributed by atoms with Crippen LogP contribution in [-0.2, 0) is 4.79 Å². The summed E-state index contributed by atoms with van der Waals surface area (Å²) in [6.45, 7) is 0. The standard InChI is InChI=1S/C8H12O2S/c9-6(10)7-2-1-3-8(11,4-7)5-7/h11H,1-5H2,(H,9,10). The van der Waals surface area contributed by atoms with Gasteiger partial charge in [0.05, 0.1) is 5.41 Å². The zero-order valence-electron chi connectivity index (χ0n) is 6.34. The predicted octanol–water partition coefficient (Wildman–Crippen LogP) is 1.70. The van der Waals surface area contributed by atoms with Crippen molar-refractivity contribution in [3.8, 4) is 0 Å². The molecule has 0 radical (unpaired) electrons. The molecular weight excluding hydrogens is 160 g/mol. The highest BCUT2D eigenvalue weighted by atomic mass is 32.1. The molecule has 0 unspecified atom stereocenters. The minimum Gasteiger partial charge on any atom is -0.481 e. The highest BCUT2D eigenvalue weighted by Gasteiger charge is 2.59. The Morgan fingerprint density at radius 2 is 2.00 bits per heavy atom. The van der Waals surface area contributed by atoms with Gasteiger partial charge in [-0.15, -0.1) is 0 Å². The van der Waals surface area contributed by atoms with E-state index in [9.17, 15) is 4.79 Å². The average Bonchev–Trinajstić information content (AvgIpc) is 1.85. The molecule has 0 saturated heterocycles. The number of thiol groups is 1. The topological polar surface area (TPSA) is 37.3 Å². The first-order valence-electron chi connectivity index (χ1n) is 4.02. The first-order valence-corrected chi connectivity index (χ1v) is 4.47. The van der Waals surface area contributed by atoms with Crippen molar-refractivity contribution in [1.82, 2.24) is 0 Å². The Balaban J connectivity index is 2.16. The molecule has 3 aliphatic rings. The first kappa shape index (κ1) is 7.47. The summed E-state index contributed by atoms with van der Waals surface area (Å²) in [6.07, 6.45) is 4.59. The van der Waals surface area contributed by atoms with Crippen LogP contribution in [0.3, 0.4) is 0 Å². The average molecular weight is 172 g/mol. The maximum Gasteiger partial charge on any atom is 0.309 e. The van der Waals surface area contributed by atoms with Crippen LogP contribution in [0.5, 0.6) is 0 Å². The van der Waals surface area contributed by atoms with E-state index >= 15 is 0 Å². The second kappa shape index (κ2) is 1.94. The lowest BCUT2D eigenvalue weighted by Crippen LogP contribution is -2.56. The van der Waals surface area contributed by atoms with Crippen molar-refractivity contribution in [2.45, 2.75) is 36.9 Å². The first-order chi connectivity index (χ1) is 5.06. The van der Waals surface area contributed by atoms with Crippen LogP contribution in [-0.4, -0.2) is 15.8 Å². The molecule has 3 heteroatoms. The van der Waals surface area contributed by atoms with Crippen LogP contribution in [0, 0.1) is 5.41 Å². The van der Waals surface area contributed by atoms with Crippen molar-refractivity contribution in [1.29, 1.82) is 0 Å². The lowest BCUT2D eigenvalue weighted by atomic mass is 9.53. The van der Waals surface area contributed by atoms with E-state index in [2.05, 4.69) is 12.6 Å². The fraction of sp³-hybridized carbons (Fsp3) is 0.875. The van der Waals surface area contributed by atoms with Crippen molar-refractivity contribution in [2.75, 3.05) is 0 Å². The van der Waals surface area contributed by atoms with E-state index in [0.29, 0.717) is 0 Å². The molecule has 62 valence electrons. The molecule has 0 aromatic carbocycles. The minimum atomic E-state index is -0.609. The molecule has 3 fully saturated rings. The summed E-state index contributed by atoms with van der Waals surface area (Å²) in [7, 11) is 0. The Labute approximate surface area is 71.4 Å². The molecule has 0 heterocycles. The Bertz CT molecular complexity index is 206. The van der Waals surface area contributed by atoms with E-state index in [1.165, 1.54) is 0 Å². The third-order valence-corrected chi connectivity index (χ3v) is 3.63. The van der Waals surface area contributed by atoms with Gasteiger partial charge in [-0.2, -0.15) is 12.6 Å². The van der Waals surface area contributed by atoms with Gasteiger partial charge in [0, 0.05) is 4.75 Å². The van der Waals surface area contributed by atoms with Crippen molar-refractivity contribution in [2.24, 2.45) is 5.41 Å². The van der Waals surface area contributed by atoms with E-state index in [1.807, 2.05) is 0 Å². The summed E-state index contributed by atoms with van der Waals surface area (Å²) in [4.78, 5) is 10.8. The maximum absolute atomic E-state index is 10.8. The summed E-state index contributed by atoms with van der Waals surface area (Å²) < 4.78 is 0.0800. The normalized spacial score (nSPS) is 48.1. The van der Waals surface area contributed by atoms with Crippen molar-refractivity contribution >= 4 is 18.6 Å². The van der Waals surface area contributed by atoms with Gasteiger partial charge in [-0.25, -0.2) is 0 Å². The highest BCUT2D eigenvalue weighted by molar-refractivity contribution is 7.81. The number of carbonyl (C=O) groups is 1. The van der Waals surface area contributed by atoms with Gasteiger partial charge in [0.2, 0.25) is 0 Å². The molecule has 0 atom stereocenters. The third-order valence-electron chi connectivity index (χ3n) is 3.09. The molecule has 0 aromatic rings. The Hall–Kier alpha value is -0.180. The second-order valence-electron chi connectivity index (χ2n) is 4.02. The van der Waals surface area contributed by atoms with E-state index < -0.39 is 5.97 Å². The number of aliphatic carboxylic acids is 1. The van der Waals surface area contributed by atoms with Crippen LogP contribution in [0.15, 0.2) is 0 Å². The molecule has 0 aromatic heterocycles. The van der Waals surface area contributed by atoms with Crippen LogP contribution in [0.4, 0.5) is 0 Å². The van der Waals surface area contributed by atoms with E-state index in [1.54, 1.807) is 0 Å². The monoisotopic (exact) mass is 172 g/mol. The summed E-state index contributed by atoms with van der Waals surface area (Å²) >= 11 is 4.47. The van der Waals surface area contributed by atoms with Gasteiger partial charge in [-0.1, -0.05) is 6.42 Å². The lowest BCUT2D eigenvalue weighted by Gasteiger charge is -2.56. The molecule has 2 nitrogen and oxygen atoms in total. The third kappa shape index (κ3) is 0.901. The van der Waals surface area contributed by atoms with Gasteiger partial charge < -0.3 is 5.11 Å². The molecule has 3 aliphatic carbocycles. The highest BCUT2D eigenvalue weighted by Crippen LogP contribution is 2.61. The zero-order chi connectivity index (χ0) is 8.11. The van der Waals surface area contributed by atoms with E-state index in [4.69, 9.17) is 5.11 Å². The number of fused-ring (bicyclic) bond motifs is 2. The lowest BCUT2D eigenvalue weighted by molar-refractivity contribution is -0.160. The summed E-state index contributed by atoms with van der Waals surface area (Å²) in [6, 6.07) is 0. The maximum atomic E-state index is 10.8. The van der Waals surface area contributed by atoms with Gasteiger partial charge in [-0.3, -0.25) is 4.79 Å². The summed E-state index contributed by atoms with van der Waals surface area (Å²) in [5.74, 6) is -0.609. The Morgan fingerprint density at radius 3 is 2.36 bits per heavy atom. The fourth-order valence-corrected chi connectivity index (χ4v) is 3.34. The van der Waals surface area contributed by atoms with Crippen LogP contribution in [0.25, 0.3) is 0 Å². The van der Waals surface area contributed by atoms with Gasteiger partial charge in [0.15, 0.2) is 0 Å². The molecule has 3 saturated carbocycles. The quantitative estimate of drug-likeness (QED) is 0.591. The summed E-state index contributed by atoms with van der Waals surface area (Å²) in [5, 5.41) is 8.92. The number of hydrogen-bond acceptors (Lipinski definition) is 2. The Morgan fingerprint density at radius 1 is 1.36 bits per heavy atom. The van der Waals surface area contributed by atoms with E-state index in [0.717, 1.165) is 32.1 Å². The van der Waals surface area contributed by atoms with Gasteiger partial charge in [-0.05, 0) is 25.7 Å². The molecule has 11 heavy (non-hydrogen) atoms. The van der Waals surface area contributed by atoms with E-state index in [-0.39, 0.29) is 10.2 Å². The predicted molar refractivity (Wildman–Crippen MR) is 44.9 cm³/mol.